The Bertz CT molecular complexity index is 205. The molecule has 0 amide bonds. The molecule has 1 heterocycles. The predicted octanol–water partition coefficient (Wildman–Crippen LogP) is 2.59. The molecule has 0 bridgehead atoms. The molecule has 2 nitrogen and oxygen atoms in total. The molecule has 1 aliphatic heterocycles. The van der Waals surface area contributed by atoms with Crippen LogP contribution in [-0.4, -0.2) is 46.6 Å². The molecule has 1 fully saturated rings. The van der Waals surface area contributed by atoms with Crippen LogP contribution in [0.15, 0.2) is 0 Å². The summed E-state index contributed by atoms with van der Waals surface area (Å²) in [5.74, 6) is 0. The summed E-state index contributed by atoms with van der Waals surface area (Å²) in [5.41, 5.74) is 0.302. The molecule has 0 aromatic carbocycles. The van der Waals surface area contributed by atoms with Crippen molar-refractivity contribution in [2.24, 2.45) is 0 Å². The van der Waals surface area contributed by atoms with Gasteiger partial charge >= 0.3 is 0 Å². The van der Waals surface area contributed by atoms with E-state index in [0.29, 0.717) is 23.7 Å². The summed E-state index contributed by atoms with van der Waals surface area (Å²) in [5, 5.41) is 0. The summed E-state index contributed by atoms with van der Waals surface area (Å²) >= 11 is 0. The fraction of sp³-hybridized carbons (Fsp3) is 1.00. The Morgan fingerprint density at radius 1 is 1.00 bits per heavy atom. The van der Waals surface area contributed by atoms with Crippen LogP contribution in [0.25, 0.3) is 0 Å². The first-order valence-electron chi connectivity index (χ1n) is 6.26. The molecule has 2 atom stereocenters. The molecule has 1 saturated heterocycles. The molecule has 0 aromatic heterocycles. The zero-order valence-electron chi connectivity index (χ0n) is 11.5. The van der Waals surface area contributed by atoms with Gasteiger partial charge in [-0.1, -0.05) is 0 Å². The Balaban J connectivity index is 2.71. The summed E-state index contributed by atoms with van der Waals surface area (Å²) in [6, 6.07) is 2.02. The van der Waals surface area contributed by atoms with E-state index in [4.69, 9.17) is 0 Å². The van der Waals surface area contributed by atoms with Crippen molar-refractivity contribution in [3.8, 4) is 0 Å². The van der Waals surface area contributed by atoms with Gasteiger partial charge in [-0.25, -0.2) is 0 Å². The molecule has 0 spiro atoms. The molecule has 1 aliphatic rings. The SMILES string of the molecule is CC(C)N1C[C@@H](C)N(C(C)(C)C)C[C@H]1C. The van der Waals surface area contributed by atoms with Crippen LogP contribution in [0.4, 0.5) is 0 Å². The Hall–Kier alpha value is -0.0800. The maximum atomic E-state index is 2.64. The van der Waals surface area contributed by atoms with E-state index in [2.05, 4.69) is 58.3 Å². The van der Waals surface area contributed by atoms with E-state index in [1.165, 1.54) is 13.1 Å². The van der Waals surface area contributed by atoms with E-state index in [9.17, 15) is 0 Å². The van der Waals surface area contributed by atoms with Gasteiger partial charge in [0.15, 0.2) is 0 Å². The highest BCUT2D eigenvalue weighted by Gasteiger charge is 2.35. The van der Waals surface area contributed by atoms with Crippen molar-refractivity contribution in [2.45, 2.75) is 72.1 Å². The lowest BCUT2D eigenvalue weighted by molar-refractivity contribution is -0.0233. The fourth-order valence-electron chi connectivity index (χ4n) is 2.81. The maximum absolute atomic E-state index is 2.64. The second kappa shape index (κ2) is 4.42. The average Bonchev–Trinajstić information content (AvgIpc) is 2.06. The second-order valence-electron chi connectivity index (χ2n) is 6.31. The number of hydrogen-bond acceptors (Lipinski definition) is 2. The van der Waals surface area contributed by atoms with Crippen LogP contribution < -0.4 is 0 Å². The van der Waals surface area contributed by atoms with Gasteiger partial charge in [0.2, 0.25) is 0 Å². The van der Waals surface area contributed by atoms with Gasteiger partial charge in [0, 0.05) is 36.8 Å². The van der Waals surface area contributed by atoms with Crippen LogP contribution in [-0.2, 0) is 0 Å². The van der Waals surface area contributed by atoms with Gasteiger partial charge in [-0.05, 0) is 48.5 Å². The van der Waals surface area contributed by atoms with Crippen LogP contribution in [0.1, 0.15) is 48.5 Å². The van der Waals surface area contributed by atoms with E-state index in [1.54, 1.807) is 0 Å². The molecule has 0 aliphatic carbocycles. The third-order valence-electron chi connectivity index (χ3n) is 3.56. The predicted molar refractivity (Wildman–Crippen MR) is 67.2 cm³/mol. The molecule has 0 N–H and O–H groups in total. The first-order valence-corrected chi connectivity index (χ1v) is 6.26. The third kappa shape index (κ3) is 2.94. The highest BCUT2D eigenvalue weighted by Crippen LogP contribution is 2.24. The minimum atomic E-state index is 0.302. The molecule has 2 heteroatoms. The van der Waals surface area contributed by atoms with Crippen LogP contribution >= 0.6 is 0 Å². The minimum absolute atomic E-state index is 0.302. The molecule has 0 aromatic rings. The summed E-state index contributed by atoms with van der Waals surface area (Å²) in [6.45, 7) is 18.7. The van der Waals surface area contributed by atoms with Gasteiger partial charge in [0.05, 0.1) is 0 Å². The Morgan fingerprint density at radius 3 is 1.93 bits per heavy atom. The van der Waals surface area contributed by atoms with Crippen LogP contribution in [0.2, 0.25) is 0 Å². The Labute approximate surface area is 95.6 Å². The average molecular weight is 212 g/mol. The molecular weight excluding hydrogens is 184 g/mol. The highest BCUT2D eigenvalue weighted by atomic mass is 15.3. The van der Waals surface area contributed by atoms with E-state index in [0.717, 1.165) is 0 Å². The van der Waals surface area contributed by atoms with E-state index in [1.807, 2.05) is 0 Å². The lowest BCUT2D eigenvalue weighted by Gasteiger charge is -2.51. The summed E-state index contributed by atoms with van der Waals surface area (Å²) < 4.78 is 0. The Kier molecular flexibility index (Phi) is 3.83. The normalized spacial score (nSPS) is 31.2. The number of nitrogens with zero attached hydrogens (tertiary/aromatic N) is 2. The number of hydrogen-bond donors (Lipinski definition) is 0. The van der Waals surface area contributed by atoms with Crippen molar-refractivity contribution < 1.29 is 0 Å². The van der Waals surface area contributed by atoms with Gasteiger partial charge in [-0.15, -0.1) is 0 Å². The summed E-state index contributed by atoms with van der Waals surface area (Å²) in [6.07, 6.45) is 0. The first-order chi connectivity index (χ1) is 6.73. The van der Waals surface area contributed by atoms with Crippen LogP contribution in [0.3, 0.4) is 0 Å². The van der Waals surface area contributed by atoms with Gasteiger partial charge in [0.1, 0.15) is 0 Å². The molecule has 0 radical (unpaired) electrons. The van der Waals surface area contributed by atoms with Gasteiger partial charge in [0.25, 0.3) is 0 Å². The van der Waals surface area contributed by atoms with Crippen molar-refractivity contribution >= 4 is 0 Å². The van der Waals surface area contributed by atoms with Crippen molar-refractivity contribution in [3.63, 3.8) is 0 Å². The zero-order chi connectivity index (χ0) is 11.8. The number of rotatable bonds is 1. The minimum Gasteiger partial charge on any atom is -0.295 e. The Morgan fingerprint density at radius 2 is 1.53 bits per heavy atom. The third-order valence-corrected chi connectivity index (χ3v) is 3.56. The molecule has 1 rings (SSSR count). The smallest absolute Gasteiger partial charge is 0.0200 e. The summed E-state index contributed by atoms with van der Waals surface area (Å²) in [4.78, 5) is 5.25. The fourth-order valence-corrected chi connectivity index (χ4v) is 2.81. The van der Waals surface area contributed by atoms with Gasteiger partial charge in [-0.2, -0.15) is 0 Å². The molecule has 15 heavy (non-hydrogen) atoms. The maximum Gasteiger partial charge on any atom is 0.0200 e. The van der Waals surface area contributed by atoms with Crippen molar-refractivity contribution in [1.82, 2.24) is 9.80 Å². The molecule has 90 valence electrons. The molecule has 0 saturated carbocycles. The van der Waals surface area contributed by atoms with Crippen molar-refractivity contribution in [1.29, 1.82) is 0 Å². The quantitative estimate of drug-likeness (QED) is 0.659. The molecular formula is C13H28N2. The highest BCUT2D eigenvalue weighted by molar-refractivity contribution is 4.91. The lowest BCUT2D eigenvalue weighted by Crippen LogP contribution is -2.62. The van der Waals surface area contributed by atoms with E-state index in [-0.39, 0.29) is 0 Å². The molecule has 0 unspecified atom stereocenters. The topological polar surface area (TPSA) is 6.48 Å². The monoisotopic (exact) mass is 212 g/mol. The van der Waals surface area contributed by atoms with Gasteiger partial charge in [-0.3, -0.25) is 9.80 Å². The van der Waals surface area contributed by atoms with Crippen LogP contribution in [0.5, 0.6) is 0 Å². The van der Waals surface area contributed by atoms with Gasteiger partial charge < -0.3 is 0 Å². The lowest BCUT2D eigenvalue weighted by atomic mass is 9.97. The van der Waals surface area contributed by atoms with E-state index >= 15 is 0 Å². The van der Waals surface area contributed by atoms with E-state index < -0.39 is 0 Å². The van der Waals surface area contributed by atoms with Crippen molar-refractivity contribution in [2.75, 3.05) is 13.1 Å². The standard InChI is InChI=1S/C13H28N2/c1-10(2)14-8-12(4)15(9-11(14)3)13(5,6)7/h10-12H,8-9H2,1-7H3/t11-,12-/m1/s1. The number of piperazine rings is 1. The zero-order valence-corrected chi connectivity index (χ0v) is 11.5. The first kappa shape index (κ1) is 13.0. The summed E-state index contributed by atoms with van der Waals surface area (Å²) in [7, 11) is 0. The largest absolute Gasteiger partial charge is 0.295 e. The second-order valence-corrected chi connectivity index (χ2v) is 6.31. The van der Waals surface area contributed by atoms with Crippen molar-refractivity contribution in [3.05, 3.63) is 0 Å². The van der Waals surface area contributed by atoms with Crippen LogP contribution in [0, 0.1) is 0 Å².